The number of Topliss-reactive ketones (excluding diaryl/α,β-unsaturated/α-hetero) is 2. The highest BCUT2D eigenvalue weighted by atomic mass is 16.1. The van der Waals surface area contributed by atoms with E-state index in [0.29, 0.717) is 70.2 Å². The Hall–Kier alpha value is -5.12. The van der Waals surface area contributed by atoms with Gasteiger partial charge in [-0.2, -0.15) is 10.5 Å². The lowest BCUT2D eigenvalue weighted by Gasteiger charge is -2.40. The van der Waals surface area contributed by atoms with E-state index in [1.807, 2.05) is 24.3 Å². The highest BCUT2D eigenvalue weighted by Crippen LogP contribution is 2.35. The van der Waals surface area contributed by atoms with Crippen molar-refractivity contribution in [3.05, 3.63) is 60.4 Å². The molecule has 328 valence electrons. The highest BCUT2D eigenvalue weighted by molar-refractivity contribution is 5.95. The molecule has 4 saturated heterocycles. The van der Waals surface area contributed by atoms with E-state index in [2.05, 4.69) is 103 Å². The minimum Gasteiger partial charge on any atom is -0.370 e. The van der Waals surface area contributed by atoms with Crippen molar-refractivity contribution in [1.82, 2.24) is 39.5 Å². The van der Waals surface area contributed by atoms with Crippen LogP contribution in [0, 0.1) is 46.3 Å². The van der Waals surface area contributed by atoms with Gasteiger partial charge in [0.1, 0.15) is 36.4 Å². The van der Waals surface area contributed by atoms with Gasteiger partial charge in [0.25, 0.3) is 0 Å². The number of nitriles is 2. The largest absolute Gasteiger partial charge is 0.370 e. The summed E-state index contributed by atoms with van der Waals surface area (Å²) >= 11 is 0. The van der Waals surface area contributed by atoms with Gasteiger partial charge in [-0.15, -0.1) is 0 Å². The van der Waals surface area contributed by atoms with E-state index in [9.17, 15) is 20.1 Å². The molecule has 2 aromatic heterocycles. The average molecular weight is 841 g/mol. The molecule has 8 rings (SSSR count). The normalized spacial score (nSPS) is 24.1. The number of fused-ring (bicyclic) bond motifs is 2. The molecule has 4 aliphatic heterocycles. The average Bonchev–Trinajstić information content (AvgIpc) is 3.28. The number of carbonyl (C=O) groups excluding carboxylic acids is 2. The summed E-state index contributed by atoms with van der Waals surface area (Å²) < 4.78 is 0. The van der Waals surface area contributed by atoms with Gasteiger partial charge >= 0.3 is 0 Å². The molecule has 4 fully saturated rings. The van der Waals surface area contributed by atoms with Crippen LogP contribution in [0.25, 0.3) is 21.8 Å². The van der Waals surface area contributed by atoms with Gasteiger partial charge in [0, 0.05) is 126 Å². The smallest absolute Gasteiger partial charge is 0.150 e. The Balaban J connectivity index is 0.000000186. The molecule has 14 heteroatoms. The maximum absolute atomic E-state index is 13.1. The summed E-state index contributed by atoms with van der Waals surface area (Å²) in [5.41, 5.74) is 4.66. The Labute approximate surface area is 367 Å². The Kier molecular flexibility index (Phi) is 14.8. The van der Waals surface area contributed by atoms with Crippen LogP contribution in [0.15, 0.2) is 49.3 Å². The first kappa shape index (κ1) is 44.9. The first-order valence-electron chi connectivity index (χ1n) is 22.6. The molecule has 6 heterocycles. The zero-order valence-corrected chi connectivity index (χ0v) is 37.6. The molecule has 0 unspecified atom stereocenters. The first-order chi connectivity index (χ1) is 29.9. The first-order valence-corrected chi connectivity index (χ1v) is 22.6. The predicted octanol–water partition coefficient (Wildman–Crippen LogP) is 5.12. The number of anilines is 2. The summed E-state index contributed by atoms with van der Waals surface area (Å²) in [4.78, 5) is 57.3. The van der Waals surface area contributed by atoms with E-state index < -0.39 is 0 Å². The van der Waals surface area contributed by atoms with Crippen LogP contribution in [0.3, 0.4) is 0 Å². The lowest BCUT2D eigenvalue weighted by atomic mass is 9.85. The van der Waals surface area contributed by atoms with Crippen molar-refractivity contribution in [2.45, 2.75) is 65.5 Å². The zero-order chi connectivity index (χ0) is 43.9. The van der Waals surface area contributed by atoms with Gasteiger partial charge < -0.3 is 19.6 Å². The lowest BCUT2D eigenvalue weighted by Crippen LogP contribution is -2.51. The number of hydrogen-bond donors (Lipinski definition) is 0. The highest BCUT2D eigenvalue weighted by Gasteiger charge is 2.33. The van der Waals surface area contributed by atoms with Crippen LogP contribution in [-0.4, -0.2) is 156 Å². The van der Waals surface area contributed by atoms with Gasteiger partial charge in [0.15, 0.2) is 0 Å². The molecule has 0 radical (unpaired) electrons. The van der Waals surface area contributed by atoms with Crippen molar-refractivity contribution in [3.63, 3.8) is 0 Å². The maximum Gasteiger partial charge on any atom is 0.150 e. The van der Waals surface area contributed by atoms with Crippen molar-refractivity contribution in [2.24, 2.45) is 23.7 Å². The fraction of sp³-hybridized carbons (Fsp3) is 0.583. The quantitative estimate of drug-likeness (QED) is 0.208. The Bertz CT molecular complexity index is 2110. The van der Waals surface area contributed by atoms with Crippen LogP contribution < -0.4 is 9.80 Å². The molecule has 0 aliphatic carbocycles. The van der Waals surface area contributed by atoms with E-state index in [1.165, 1.54) is 12.7 Å². The second kappa shape index (κ2) is 20.4. The molecular formula is C48H64N12O2. The molecule has 0 N–H and O–H groups in total. The predicted molar refractivity (Wildman–Crippen MR) is 244 cm³/mol. The van der Waals surface area contributed by atoms with E-state index in [1.54, 1.807) is 12.4 Å². The number of nitrogens with zero attached hydrogens (tertiary/aromatic N) is 12. The van der Waals surface area contributed by atoms with Crippen LogP contribution in [0.5, 0.6) is 0 Å². The van der Waals surface area contributed by atoms with Crippen molar-refractivity contribution in [1.29, 1.82) is 10.5 Å². The minimum absolute atomic E-state index is 0.0106. The third kappa shape index (κ3) is 10.6. The maximum atomic E-state index is 13.1. The summed E-state index contributed by atoms with van der Waals surface area (Å²) in [5.74, 6) is 2.39. The zero-order valence-electron chi connectivity index (χ0n) is 37.6. The fourth-order valence-corrected chi connectivity index (χ4v) is 10.2. The van der Waals surface area contributed by atoms with E-state index >= 15 is 0 Å². The van der Waals surface area contributed by atoms with Gasteiger partial charge in [-0.1, -0.05) is 13.8 Å². The number of likely N-dealkylation sites (N-methyl/N-ethyl adjacent to an activating group) is 2. The SMILES string of the molecule is C[C@H]1C[C@@H](CC(=O)[C@@H](C)N2CCN(C)CC2)CN(c2ccc(C#N)c3ncncc23)C1.C[C@H]1C[C@@H](CC(=O)[C@H](C)N2CCN(C)CC2)CN(c2ccc(C#N)c3ncncc23)C1. The fourth-order valence-electron chi connectivity index (χ4n) is 10.2. The van der Waals surface area contributed by atoms with Gasteiger partial charge in [0.05, 0.1) is 34.2 Å². The molecule has 2 aromatic carbocycles. The molecule has 62 heavy (non-hydrogen) atoms. The van der Waals surface area contributed by atoms with Gasteiger partial charge in [-0.25, -0.2) is 19.9 Å². The van der Waals surface area contributed by atoms with E-state index in [0.717, 1.165) is 114 Å². The molecule has 4 aliphatic rings. The van der Waals surface area contributed by atoms with Crippen LogP contribution in [0.2, 0.25) is 0 Å². The van der Waals surface area contributed by atoms with Crippen LogP contribution >= 0.6 is 0 Å². The van der Waals surface area contributed by atoms with E-state index in [-0.39, 0.29) is 12.1 Å². The van der Waals surface area contributed by atoms with Gasteiger partial charge in [-0.05, 0) is 88.7 Å². The molecule has 0 amide bonds. The number of ketones is 2. The third-order valence-electron chi connectivity index (χ3n) is 13.8. The standard InChI is InChI=1S/2C24H32N6O/c2*1-17-10-19(11-23(31)18(2)29-8-6-28(3)7-9-29)15-30(14-17)22-5-4-20(12-25)24-21(22)13-26-16-27-24/h2*4-5,13,16-19H,6-11,14-15H2,1-3H3/t17-,18+,19-;17-,18-,19-/m00/s1. The van der Waals surface area contributed by atoms with Gasteiger partial charge in [0.2, 0.25) is 0 Å². The summed E-state index contributed by atoms with van der Waals surface area (Å²) in [6.07, 6.45) is 9.98. The number of rotatable bonds is 10. The summed E-state index contributed by atoms with van der Waals surface area (Å²) in [6.45, 7) is 20.2. The monoisotopic (exact) mass is 841 g/mol. The van der Waals surface area contributed by atoms with Crippen molar-refractivity contribution < 1.29 is 9.59 Å². The van der Waals surface area contributed by atoms with Crippen molar-refractivity contribution >= 4 is 44.7 Å². The summed E-state index contributed by atoms with van der Waals surface area (Å²) in [5, 5.41) is 20.7. The molecule has 14 nitrogen and oxygen atoms in total. The van der Waals surface area contributed by atoms with Crippen LogP contribution in [0.4, 0.5) is 11.4 Å². The second-order valence-electron chi connectivity index (χ2n) is 18.7. The molecular weight excluding hydrogens is 777 g/mol. The number of carbonyl (C=O) groups is 2. The number of piperidine rings is 2. The molecule has 0 bridgehead atoms. The molecule has 0 spiro atoms. The minimum atomic E-state index is -0.0106. The molecule has 0 saturated carbocycles. The summed E-state index contributed by atoms with van der Waals surface area (Å²) in [7, 11) is 4.28. The third-order valence-corrected chi connectivity index (χ3v) is 13.8. The number of benzene rings is 2. The van der Waals surface area contributed by atoms with Crippen molar-refractivity contribution in [3.8, 4) is 12.1 Å². The van der Waals surface area contributed by atoms with Gasteiger partial charge in [-0.3, -0.25) is 19.4 Å². The second-order valence-corrected chi connectivity index (χ2v) is 18.7. The van der Waals surface area contributed by atoms with E-state index in [4.69, 9.17) is 0 Å². The number of aromatic nitrogens is 4. The Morgan fingerprint density at radius 1 is 0.629 bits per heavy atom. The van der Waals surface area contributed by atoms with Crippen LogP contribution in [0.1, 0.15) is 64.5 Å². The Morgan fingerprint density at radius 3 is 1.39 bits per heavy atom. The molecule has 4 aromatic rings. The summed E-state index contributed by atoms with van der Waals surface area (Å²) in [6, 6.07) is 12.1. The topological polar surface area (TPSA) is 153 Å². The van der Waals surface area contributed by atoms with Crippen molar-refractivity contribution in [2.75, 3.05) is 102 Å². The Morgan fingerprint density at radius 2 is 1.02 bits per heavy atom. The van der Waals surface area contributed by atoms with Crippen LogP contribution in [-0.2, 0) is 9.59 Å². The lowest BCUT2D eigenvalue weighted by molar-refractivity contribution is -0.126. The molecule has 6 atom stereocenters. The number of piperazine rings is 2. The number of hydrogen-bond acceptors (Lipinski definition) is 14.